The molecule has 5 aliphatic rings. The number of hydrogen-bond donors (Lipinski definition) is 1. The summed E-state index contributed by atoms with van der Waals surface area (Å²) in [7, 11) is 1.47. The molecule has 7 rings (SSSR count). The Morgan fingerprint density at radius 1 is 1.08 bits per heavy atom. The molecule has 1 saturated carbocycles. The lowest BCUT2D eigenvalue weighted by Gasteiger charge is -2.49. The van der Waals surface area contributed by atoms with E-state index >= 15 is 0 Å². The first-order valence-corrected chi connectivity index (χ1v) is 18.3. The van der Waals surface area contributed by atoms with E-state index in [9.17, 15) is 19.5 Å². The number of halogens is 1. The highest BCUT2D eigenvalue weighted by atomic mass is 79.9. The van der Waals surface area contributed by atoms with E-state index in [1.54, 1.807) is 25.1 Å². The highest BCUT2D eigenvalue weighted by Gasteiger charge is 2.69. The van der Waals surface area contributed by atoms with Crippen molar-refractivity contribution in [3.05, 3.63) is 114 Å². The van der Waals surface area contributed by atoms with Gasteiger partial charge in [-0.1, -0.05) is 74.6 Å². The van der Waals surface area contributed by atoms with Gasteiger partial charge in [0.1, 0.15) is 30.0 Å². The van der Waals surface area contributed by atoms with Gasteiger partial charge in [0.25, 0.3) is 0 Å². The molecule has 1 aromatic heterocycles. The Labute approximate surface area is 321 Å². The Morgan fingerprint density at radius 2 is 1.83 bits per heavy atom. The number of carbonyl (C=O) groups excluding carboxylic acids is 3. The SMILES string of the molecule is CO[C@H]1CC2C=C[C@H]3[C@H]4O[C@]2(/C(C)=C/[C@@H](C)[C@@H]([C@@H](C)OC(=O)c2ccccc2C[n+]2ccccc2)OC1=O)[C@@H]3[C@H](O)[C@@H](C)[C@H]4OC(=O)C1=CC=CC1.[Br-]. The second kappa shape index (κ2) is 15.8. The summed E-state index contributed by atoms with van der Waals surface area (Å²) < 4.78 is 33.2. The van der Waals surface area contributed by atoms with Crippen molar-refractivity contribution in [2.24, 2.45) is 29.6 Å². The van der Waals surface area contributed by atoms with Gasteiger partial charge in [0.2, 0.25) is 0 Å². The average Bonchev–Trinajstić information content (AvgIpc) is 3.74. The van der Waals surface area contributed by atoms with Gasteiger partial charge < -0.3 is 45.8 Å². The fraction of sp³-hybridized carbons (Fsp3) is 0.476. The second-order valence-corrected chi connectivity index (χ2v) is 14.9. The van der Waals surface area contributed by atoms with Gasteiger partial charge in [-0.3, -0.25) is 0 Å². The number of aliphatic hydroxyl groups is 1. The summed E-state index contributed by atoms with van der Waals surface area (Å²) >= 11 is 0. The number of aromatic nitrogens is 1. The molecule has 1 N–H and O–H groups in total. The van der Waals surface area contributed by atoms with Crippen molar-refractivity contribution in [3.63, 3.8) is 0 Å². The van der Waals surface area contributed by atoms with Crippen molar-refractivity contribution >= 4 is 17.9 Å². The van der Waals surface area contributed by atoms with Crippen molar-refractivity contribution in [3.8, 4) is 0 Å². The molecule has 53 heavy (non-hydrogen) atoms. The molecule has 4 bridgehead atoms. The van der Waals surface area contributed by atoms with Gasteiger partial charge >= 0.3 is 17.9 Å². The molecule has 12 atom stereocenters. The quantitative estimate of drug-likeness (QED) is 0.185. The number of esters is 3. The first-order valence-electron chi connectivity index (χ1n) is 18.3. The van der Waals surface area contributed by atoms with Crippen LogP contribution in [0.15, 0.2) is 102 Å². The zero-order chi connectivity index (χ0) is 36.7. The van der Waals surface area contributed by atoms with Gasteiger partial charge in [-0.2, -0.15) is 0 Å². The summed E-state index contributed by atoms with van der Waals surface area (Å²) in [4.78, 5) is 40.8. The number of rotatable bonds is 8. The van der Waals surface area contributed by atoms with E-state index < -0.39 is 72.0 Å². The van der Waals surface area contributed by atoms with Crippen molar-refractivity contribution in [2.45, 2.75) is 89.3 Å². The van der Waals surface area contributed by atoms with E-state index in [0.29, 0.717) is 24.1 Å². The summed E-state index contributed by atoms with van der Waals surface area (Å²) in [5, 5.41) is 12.0. The van der Waals surface area contributed by atoms with Gasteiger partial charge in [-0.05, 0) is 38.3 Å². The summed E-state index contributed by atoms with van der Waals surface area (Å²) in [6.45, 7) is 8.03. The maximum atomic E-state index is 13.8. The molecule has 2 fully saturated rings. The minimum absolute atomic E-state index is 0. The lowest BCUT2D eigenvalue weighted by Crippen LogP contribution is -3.00. The molecular weight excluding hydrogens is 742 g/mol. The number of allylic oxidation sites excluding steroid dienone is 3. The summed E-state index contributed by atoms with van der Waals surface area (Å²) in [6.07, 6.45) is 11.6. The summed E-state index contributed by atoms with van der Waals surface area (Å²) in [5.74, 6) is -3.22. The zero-order valence-corrected chi connectivity index (χ0v) is 32.3. The topological polar surface area (TPSA) is 121 Å². The van der Waals surface area contributed by atoms with Crippen LogP contribution in [0.3, 0.4) is 0 Å². The van der Waals surface area contributed by atoms with Crippen LogP contribution in [0.2, 0.25) is 0 Å². The number of ether oxygens (including phenoxy) is 5. The van der Waals surface area contributed by atoms with E-state index in [4.69, 9.17) is 23.7 Å². The molecule has 2 aromatic rings. The molecule has 1 aromatic carbocycles. The molecule has 0 radical (unpaired) electrons. The van der Waals surface area contributed by atoms with Crippen LogP contribution in [0.4, 0.5) is 0 Å². The summed E-state index contributed by atoms with van der Waals surface area (Å²) in [5.41, 5.74) is 1.66. The van der Waals surface area contributed by atoms with Crippen LogP contribution in [0.25, 0.3) is 0 Å². The second-order valence-electron chi connectivity index (χ2n) is 14.9. The third kappa shape index (κ3) is 7.09. The van der Waals surface area contributed by atoms with Gasteiger partial charge in [0, 0.05) is 60.0 Å². The third-order valence-electron chi connectivity index (χ3n) is 11.8. The highest BCUT2D eigenvalue weighted by molar-refractivity contribution is 5.91. The number of methoxy groups -OCH3 is 1. The Balaban J connectivity index is 0.00000481. The smallest absolute Gasteiger partial charge is 0.339 e. The van der Waals surface area contributed by atoms with Crippen molar-refractivity contribution in [2.75, 3.05) is 7.11 Å². The first-order chi connectivity index (χ1) is 25.0. The Hall–Kier alpha value is -3.90. The van der Waals surface area contributed by atoms with Gasteiger partial charge in [0.15, 0.2) is 25.0 Å². The van der Waals surface area contributed by atoms with Crippen LogP contribution in [-0.4, -0.2) is 72.3 Å². The number of aliphatic hydroxyl groups excluding tert-OH is 1. The molecule has 1 saturated heterocycles. The molecule has 282 valence electrons. The van der Waals surface area contributed by atoms with E-state index in [-0.39, 0.29) is 41.2 Å². The first kappa shape index (κ1) is 38.8. The van der Waals surface area contributed by atoms with E-state index in [0.717, 1.165) is 11.1 Å². The molecule has 3 aliphatic carbocycles. The summed E-state index contributed by atoms with van der Waals surface area (Å²) in [6, 6.07) is 13.1. The van der Waals surface area contributed by atoms with Crippen LogP contribution >= 0.6 is 0 Å². The average molecular weight is 791 g/mol. The molecule has 10 nitrogen and oxygen atoms in total. The molecule has 11 heteroatoms. The maximum absolute atomic E-state index is 13.8. The molecule has 3 heterocycles. The maximum Gasteiger partial charge on any atom is 0.339 e. The van der Waals surface area contributed by atoms with Gasteiger partial charge in [-0.15, -0.1) is 0 Å². The van der Waals surface area contributed by atoms with Crippen LogP contribution in [-0.2, 0) is 39.8 Å². The monoisotopic (exact) mass is 789 g/mol. The molecule has 1 unspecified atom stereocenters. The number of pyridine rings is 1. The van der Waals surface area contributed by atoms with Crippen molar-refractivity contribution < 1.29 is 64.7 Å². The number of cyclic esters (lactones) is 1. The number of benzene rings is 1. The number of carbonyl (C=O) groups is 3. The fourth-order valence-electron chi connectivity index (χ4n) is 9.18. The predicted molar refractivity (Wildman–Crippen MR) is 189 cm³/mol. The van der Waals surface area contributed by atoms with Gasteiger partial charge in [-0.25, -0.2) is 19.0 Å². The minimum atomic E-state index is -1.01. The standard InChI is InChI=1S/C42H48NO9.BrH/c1-24-21-25(2)42-30(17-18-32-34(42)35(44)26(3)37(38(32)52-42)51-39(45)28-13-7-8-14-28)22-33(48-5)41(47)50-36(24)27(4)49-40(46)31-16-10-9-15-29(31)23-43-19-11-6-12-20-43;/h6-13,15-21,24,26-27,30,32-38,44H,14,22-23H2,1-5H3;1H/q+1;/p-1/b25-21+;/t24-,26-,27-,30?,32-,33+,34+,35-,36+,37-,38-,42+;/m1./s1. The van der Waals surface area contributed by atoms with Crippen LogP contribution in [0.1, 0.15) is 56.5 Å². The lowest BCUT2D eigenvalue weighted by atomic mass is 9.57. The van der Waals surface area contributed by atoms with Crippen LogP contribution < -0.4 is 21.5 Å². The number of hydrogen-bond acceptors (Lipinski definition) is 9. The van der Waals surface area contributed by atoms with Crippen LogP contribution in [0, 0.1) is 29.6 Å². The van der Waals surface area contributed by atoms with Crippen molar-refractivity contribution in [1.29, 1.82) is 0 Å². The lowest BCUT2D eigenvalue weighted by molar-refractivity contribution is -0.688. The van der Waals surface area contributed by atoms with E-state index in [1.165, 1.54) is 7.11 Å². The molecule has 2 aliphatic heterocycles. The Bertz CT molecular complexity index is 1820. The minimum Gasteiger partial charge on any atom is -1.00 e. The highest BCUT2D eigenvalue weighted by Crippen LogP contribution is 2.61. The third-order valence-corrected chi connectivity index (χ3v) is 11.8. The zero-order valence-electron chi connectivity index (χ0n) is 30.7. The predicted octanol–water partition coefficient (Wildman–Crippen LogP) is 1.85. The Kier molecular flexibility index (Phi) is 11.6. The van der Waals surface area contributed by atoms with E-state index in [2.05, 4.69) is 12.2 Å². The largest absolute Gasteiger partial charge is 1.00 e. The van der Waals surface area contributed by atoms with Gasteiger partial charge in [0.05, 0.1) is 11.7 Å². The van der Waals surface area contributed by atoms with Crippen LogP contribution in [0.5, 0.6) is 0 Å². The van der Waals surface area contributed by atoms with Crippen molar-refractivity contribution in [1.82, 2.24) is 0 Å². The molecule has 1 spiro atoms. The molecular formula is C42H48BrNO9. The molecule has 0 amide bonds. The Morgan fingerprint density at radius 3 is 2.55 bits per heavy atom. The fourth-order valence-corrected chi connectivity index (χ4v) is 9.18. The number of nitrogens with zero attached hydrogens (tertiary/aromatic N) is 1. The normalized spacial score (nSPS) is 35.8. The van der Waals surface area contributed by atoms with E-state index in [1.807, 2.05) is 86.3 Å².